The number of rotatable bonds is 10. The van der Waals surface area contributed by atoms with Crippen LogP contribution in [0.15, 0.2) is 36.4 Å². The van der Waals surface area contributed by atoms with Gasteiger partial charge in [0.05, 0.1) is 11.9 Å². The SMILES string of the molecule is Cc1ccc(N(CC(=O)N(Cc2c(Cl)cccc2Cl)[C@H](C)C(=O)NCC(C)C)S(C)(=O)=O)c(C)c1. The molecule has 2 aromatic rings. The van der Waals surface area contributed by atoms with Crippen LogP contribution in [0.2, 0.25) is 10.0 Å². The van der Waals surface area contributed by atoms with Crippen molar-refractivity contribution in [2.75, 3.05) is 23.7 Å². The highest BCUT2D eigenvalue weighted by Gasteiger charge is 2.31. The van der Waals surface area contributed by atoms with Gasteiger partial charge in [-0.1, -0.05) is 60.8 Å². The Morgan fingerprint density at radius 3 is 2.14 bits per heavy atom. The highest BCUT2D eigenvalue weighted by molar-refractivity contribution is 7.92. The maximum Gasteiger partial charge on any atom is 0.244 e. The Balaban J connectivity index is 2.46. The largest absolute Gasteiger partial charge is 0.354 e. The topological polar surface area (TPSA) is 86.8 Å². The first-order valence-electron chi connectivity index (χ1n) is 11.3. The van der Waals surface area contributed by atoms with Gasteiger partial charge in [-0.15, -0.1) is 0 Å². The van der Waals surface area contributed by atoms with Crippen LogP contribution in [0.4, 0.5) is 5.69 Å². The second kappa shape index (κ2) is 12.1. The van der Waals surface area contributed by atoms with Crippen LogP contribution in [-0.4, -0.2) is 50.5 Å². The van der Waals surface area contributed by atoms with Crippen molar-refractivity contribution in [3.05, 3.63) is 63.1 Å². The third-order valence-electron chi connectivity index (χ3n) is 5.54. The Morgan fingerprint density at radius 1 is 1.03 bits per heavy atom. The molecule has 0 aliphatic carbocycles. The molecule has 0 saturated heterocycles. The lowest BCUT2D eigenvalue weighted by molar-refractivity contribution is -0.139. The summed E-state index contributed by atoms with van der Waals surface area (Å²) in [4.78, 5) is 27.8. The minimum atomic E-state index is -3.81. The van der Waals surface area contributed by atoms with Crippen molar-refractivity contribution in [3.8, 4) is 0 Å². The highest BCUT2D eigenvalue weighted by atomic mass is 35.5. The Morgan fingerprint density at radius 2 is 1.63 bits per heavy atom. The van der Waals surface area contributed by atoms with Crippen LogP contribution in [-0.2, 0) is 26.2 Å². The Bertz CT molecular complexity index is 1160. The number of amides is 2. The standard InChI is InChI=1S/C25H33Cl2N3O4S/c1-16(2)13-28-25(32)19(5)29(14-20-21(26)8-7-9-22(20)27)24(31)15-30(35(6,33)34)23-11-10-17(3)12-18(23)4/h7-12,16,19H,13-15H2,1-6H3,(H,28,32)/t19-/m1/s1. The molecule has 192 valence electrons. The molecule has 35 heavy (non-hydrogen) atoms. The smallest absolute Gasteiger partial charge is 0.244 e. The van der Waals surface area contributed by atoms with E-state index in [-0.39, 0.29) is 18.4 Å². The van der Waals surface area contributed by atoms with E-state index in [2.05, 4.69) is 5.32 Å². The van der Waals surface area contributed by atoms with Crippen LogP contribution in [0.5, 0.6) is 0 Å². The molecule has 2 rings (SSSR count). The van der Waals surface area contributed by atoms with Crippen molar-refractivity contribution in [2.24, 2.45) is 5.92 Å². The predicted octanol–water partition coefficient (Wildman–Crippen LogP) is 4.57. The van der Waals surface area contributed by atoms with Crippen molar-refractivity contribution < 1.29 is 18.0 Å². The molecule has 0 heterocycles. The van der Waals surface area contributed by atoms with Gasteiger partial charge in [0.25, 0.3) is 0 Å². The number of nitrogens with zero attached hydrogens (tertiary/aromatic N) is 2. The number of halogens is 2. The molecule has 0 radical (unpaired) electrons. The molecule has 0 unspecified atom stereocenters. The van der Waals surface area contributed by atoms with Crippen LogP contribution in [0, 0.1) is 19.8 Å². The van der Waals surface area contributed by atoms with E-state index >= 15 is 0 Å². The van der Waals surface area contributed by atoms with Gasteiger partial charge in [-0.25, -0.2) is 8.42 Å². The number of nitrogens with one attached hydrogen (secondary N) is 1. The lowest BCUT2D eigenvalue weighted by Crippen LogP contribution is -2.51. The Labute approximate surface area is 218 Å². The summed E-state index contributed by atoms with van der Waals surface area (Å²) in [6.45, 7) is 9.12. The molecule has 0 saturated carbocycles. The molecule has 0 aliphatic heterocycles. The Hall–Kier alpha value is -2.29. The number of benzene rings is 2. The van der Waals surface area contributed by atoms with Crippen molar-refractivity contribution in [1.29, 1.82) is 0 Å². The van der Waals surface area contributed by atoms with Crippen LogP contribution >= 0.6 is 23.2 Å². The van der Waals surface area contributed by atoms with Gasteiger partial charge in [-0.2, -0.15) is 0 Å². The molecule has 0 bridgehead atoms. The molecule has 2 aromatic carbocycles. The van der Waals surface area contributed by atoms with Gasteiger partial charge in [0.2, 0.25) is 21.8 Å². The lowest BCUT2D eigenvalue weighted by atomic mass is 10.1. The van der Waals surface area contributed by atoms with Gasteiger partial charge in [-0.3, -0.25) is 13.9 Å². The molecule has 0 spiro atoms. The summed E-state index contributed by atoms with van der Waals surface area (Å²) < 4.78 is 26.5. The van der Waals surface area contributed by atoms with Crippen LogP contribution in [0.1, 0.15) is 37.5 Å². The van der Waals surface area contributed by atoms with Crippen molar-refractivity contribution >= 4 is 50.7 Å². The summed E-state index contributed by atoms with van der Waals surface area (Å²) in [5.74, 6) is -0.690. The second-order valence-electron chi connectivity index (χ2n) is 9.10. The summed E-state index contributed by atoms with van der Waals surface area (Å²) >= 11 is 12.7. The molecule has 1 N–H and O–H groups in total. The summed E-state index contributed by atoms with van der Waals surface area (Å²) in [5, 5.41) is 3.53. The number of sulfonamides is 1. The monoisotopic (exact) mass is 541 g/mol. The first-order valence-corrected chi connectivity index (χ1v) is 13.9. The summed E-state index contributed by atoms with van der Waals surface area (Å²) in [5.41, 5.74) is 2.56. The van der Waals surface area contributed by atoms with Gasteiger partial charge in [0, 0.05) is 28.7 Å². The van der Waals surface area contributed by atoms with Gasteiger partial charge >= 0.3 is 0 Å². The molecular weight excluding hydrogens is 509 g/mol. The molecule has 7 nitrogen and oxygen atoms in total. The molecule has 2 amide bonds. The molecule has 1 atom stereocenters. The fraction of sp³-hybridized carbons (Fsp3) is 0.440. The normalized spacial score (nSPS) is 12.4. The van der Waals surface area contributed by atoms with E-state index in [1.165, 1.54) is 4.90 Å². The van der Waals surface area contributed by atoms with E-state index in [0.29, 0.717) is 33.4 Å². The number of carbonyl (C=O) groups excluding carboxylic acids is 2. The van der Waals surface area contributed by atoms with Crippen molar-refractivity contribution in [3.63, 3.8) is 0 Å². The zero-order chi connectivity index (χ0) is 26.5. The summed E-state index contributed by atoms with van der Waals surface area (Å²) in [7, 11) is -3.81. The van der Waals surface area contributed by atoms with E-state index < -0.39 is 28.5 Å². The van der Waals surface area contributed by atoms with Gasteiger partial charge in [0.1, 0.15) is 12.6 Å². The van der Waals surface area contributed by atoms with Gasteiger partial charge in [0.15, 0.2) is 0 Å². The second-order valence-corrected chi connectivity index (χ2v) is 11.8. The van der Waals surface area contributed by atoms with Gasteiger partial charge < -0.3 is 10.2 Å². The summed E-state index contributed by atoms with van der Waals surface area (Å²) in [6, 6.07) is 9.39. The van der Waals surface area contributed by atoms with E-state index in [1.54, 1.807) is 44.2 Å². The Kier molecular flexibility index (Phi) is 10.0. The van der Waals surface area contributed by atoms with Crippen molar-refractivity contribution in [1.82, 2.24) is 10.2 Å². The number of hydrogen-bond donors (Lipinski definition) is 1. The molecule has 0 fully saturated rings. The third kappa shape index (κ3) is 7.85. The van der Waals surface area contributed by atoms with E-state index in [0.717, 1.165) is 16.1 Å². The average molecular weight is 543 g/mol. The first kappa shape index (κ1) is 28.9. The van der Waals surface area contributed by atoms with Gasteiger partial charge in [-0.05, 0) is 50.5 Å². The summed E-state index contributed by atoms with van der Waals surface area (Å²) in [6.07, 6.45) is 1.05. The average Bonchev–Trinajstić information content (AvgIpc) is 2.74. The minimum absolute atomic E-state index is 0.0575. The number of aryl methyl sites for hydroxylation is 2. The number of anilines is 1. The molecular formula is C25H33Cl2N3O4S. The first-order chi connectivity index (χ1) is 16.2. The van der Waals surface area contributed by atoms with Crippen molar-refractivity contribution in [2.45, 2.75) is 47.2 Å². The maximum absolute atomic E-state index is 13.6. The zero-order valence-electron chi connectivity index (χ0n) is 20.9. The maximum atomic E-state index is 13.6. The zero-order valence-corrected chi connectivity index (χ0v) is 23.3. The number of hydrogen-bond acceptors (Lipinski definition) is 4. The number of carbonyl (C=O) groups is 2. The van der Waals surface area contributed by atoms with Crippen LogP contribution < -0.4 is 9.62 Å². The van der Waals surface area contributed by atoms with E-state index in [1.807, 2.05) is 26.8 Å². The predicted molar refractivity (Wildman–Crippen MR) is 142 cm³/mol. The van der Waals surface area contributed by atoms with E-state index in [9.17, 15) is 18.0 Å². The minimum Gasteiger partial charge on any atom is -0.354 e. The fourth-order valence-corrected chi connectivity index (χ4v) is 4.99. The molecule has 0 aliphatic rings. The van der Waals surface area contributed by atoms with Crippen LogP contribution in [0.25, 0.3) is 0 Å². The lowest BCUT2D eigenvalue weighted by Gasteiger charge is -2.32. The van der Waals surface area contributed by atoms with E-state index in [4.69, 9.17) is 23.2 Å². The quantitative estimate of drug-likeness (QED) is 0.477. The van der Waals surface area contributed by atoms with Crippen LogP contribution in [0.3, 0.4) is 0 Å². The molecule has 10 heteroatoms. The highest BCUT2D eigenvalue weighted by Crippen LogP contribution is 2.28. The fourth-order valence-electron chi connectivity index (χ4n) is 3.57. The third-order valence-corrected chi connectivity index (χ3v) is 7.38. The molecule has 0 aromatic heterocycles.